The van der Waals surface area contributed by atoms with Crippen LogP contribution in [0.15, 0.2) is 170 Å². The van der Waals surface area contributed by atoms with E-state index in [1.807, 2.05) is 6.07 Å². The Morgan fingerprint density at radius 3 is 1.92 bits per heavy atom. The van der Waals surface area contributed by atoms with E-state index in [1.165, 1.54) is 55.7 Å². The fourth-order valence-electron chi connectivity index (χ4n) is 8.43. The molecular formula is C46H40ClN2+. The van der Waals surface area contributed by atoms with Gasteiger partial charge in [-0.2, -0.15) is 4.58 Å². The molecule has 0 aliphatic carbocycles. The molecule has 2 aliphatic heterocycles. The van der Waals surface area contributed by atoms with Crippen LogP contribution in [0.1, 0.15) is 34.7 Å². The topological polar surface area (TPSA) is 15.0 Å². The van der Waals surface area contributed by atoms with Gasteiger partial charge in [0.2, 0.25) is 5.69 Å². The molecule has 0 saturated heterocycles. The SMILES string of the molecule is C[N+]1=C(C=CC=C2Nc3ccc(Cl)cc3C2(Cc2ccccc2)Cc2ccccc2)C(C)(Cc2ccccc2)c2c1ccc1ccccc21. The van der Waals surface area contributed by atoms with Crippen molar-refractivity contribution in [3.63, 3.8) is 0 Å². The maximum absolute atomic E-state index is 6.72. The lowest BCUT2D eigenvalue weighted by Crippen LogP contribution is -2.33. The first-order chi connectivity index (χ1) is 23.9. The van der Waals surface area contributed by atoms with Gasteiger partial charge in [-0.25, -0.2) is 0 Å². The molecule has 1 unspecified atom stereocenters. The summed E-state index contributed by atoms with van der Waals surface area (Å²) in [6.45, 7) is 2.42. The van der Waals surface area contributed by atoms with Crippen molar-refractivity contribution in [2.24, 2.45) is 0 Å². The Morgan fingerprint density at radius 1 is 0.673 bits per heavy atom. The van der Waals surface area contributed by atoms with Crippen molar-refractivity contribution in [1.82, 2.24) is 0 Å². The lowest BCUT2D eigenvalue weighted by atomic mass is 9.70. The van der Waals surface area contributed by atoms with Crippen LogP contribution >= 0.6 is 11.6 Å². The number of nitrogens with one attached hydrogen (secondary N) is 1. The molecule has 2 nitrogen and oxygen atoms in total. The summed E-state index contributed by atoms with van der Waals surface area (Å²) in [5.41, 5.74) is 10.9. The van der Waals surface area contributed by atoms with Crippen LogP contribution in [0.4, 0.5) is 11.4 Å². The van der Waals surface area contributed by atoms with Crippen molar-refractivity contribution >= 4 is 39.5 Å². The molecule has 0 fully saturated rings. The van der Waals surface area contributed by atoms with Gasteiger partial charge in [0.15, 0.2) is 5.71 Å². The quantitative estimate of drug-likeness (QED) is 0.161. The van der Waals surface area contributed by atoms with Crippen LogP contribution in [0.2, 0.25) is 5.02 Å². The Balaban J connectivity index is 1.26. The third-order valence-corrected chi connectivity index (χ3v) is 10.9. The molecule has 0 bridgehead atoms. The minimum atomic E-state index is -0.327. The molecule has 0 amide bonds. The van der Waals surface area contributed by atoms with Gasteiger partial charge in [-0.15, -0.1) is 0 Å². The van der Waals surface area contributed by atoms with Crippen molar-refractivity contribution in [2.75, 3.05) is 12.4 Å². The molecule has 240 valence electrons. The second-order valence-corrected chi connectivity index (χ2v) is 14.2. The van der Waals surface area contributed by atoms with Crippen LogP contribution in [0, 0.1) is 0 Å². The lowest BCUT2D eigenvalue weighted by molar-refractivity contribution is -0.401. The van der Waals surface area contributed by atoms with Gasteiger partial charge in [0, 0.05) is 39.5 Å². The highest BCUT2D eigenvalue weighted by Gasteiger charge is 2.48. The normalized spacial score (nSPS) is 18.6. The number of fused-ring (bicyclic) bond motifs is 4. The van der Waals surface area contributed by atoms with Gasteiger partial charge in [0.25, 0.3) is 0 Å². The Morgan fingerprint density at radius 2 is 1.27 bits per heavy atom. The summed E-state index contributed by atoms with van der Waals surface area (Å²) in [4.78, 5) is 0. The van der Waals surface area contributed by atoms with Crippen molar-refractivity contribution < 1.29 is 4.58 Å². The molecule has 1 atom stereocenters. The first kappa shape index (κ1) is 31.1. The number of hydrogen-bond donors (Lipinski definition) is 1. The van der Waals surface area contributed by atoms with Crippen LogP contribution in [0.3, 0.4) is 0 Å². The predicted octanol–water partition coefficient (Wildman–Crippen LogP) is 11.0. The number of benzene rings is 6. The second-order valence-electron chi connectivity index (χ2n) is 13.8. The Hall–Kier alpha value is -5.18. The largest absolute Gasteiger partial charge is 0.358 e. The molecule has 0 spiro atoms. The number of nitrogens with zero attached hydrogens (tertiary/aromatic N) is 1. The van der Waals surface area contributed by atoms with Gasteiger partial charge in [0.05, 0.1) is 5.41 Å². The maximum Gasteiger partial charge on any atom is 0.210 e. The molecule has 0 radical (unpaired) electrons. The average molecular weight is 656 g/mol. The molecule has 0 saturated carbocycles. The minimum Gasteiger partial charge on any atom is -0.358 e. The van der Waals surface area contributed by atoms with Gasteiger partial charge in [-0.3, -0.25) is 0 Å². The van der Waals surface area contributed by atoms with Gasteiger partial charge in [-0.1, -0.05) is 133 Å². The van der Waals surface area contributed by atoms with E-state index in [0.717, 1.165) is 30.0 Å². The summed E-state index contributed by atoms with van der Waals surface area (Å²) < 4.78 is 2.40. The standard InChI is InChI=1S/C46H39ClN2/c1-45(30-33-15-6-3-7-16-33)43(49(2)41-28-25-36-21-12-13-22-38(36)44(41)45)24-14-23-42-46(31-34-17-8-4-9-18-34,32-35-19-10-5-11-20-35)39-29-37(47)26-27-40(39)48-42/h3-29H,30-32H2,1-2H3/p+1. The van der Waals surface area contributed by atoms with Crippen molar-refractivity contribution in [3.8, 4) is 0 Å². The van der Waals surface area contributed by atoms with Crippen molar-refractivity contribution in [3.05, 3.63) is 202 Å². The summed E-state index contributed by atoms with van der Waals surface area (Å²) in [6.07, 6.45) is 9.53. The molecule has 0 aromatic heterocycles. The molecule has 8 rings (SSSR count). The zero-order valence-corrected chi connectivity index (χ0v) is 28.8. The third-order valence-electron chi connectivity index (χ3n) is 10.6. The first-order valence-corrected chi connectivity index (χ1v) is 17.5. The van der Waals surface area contributed by atoms with E-state index in [9.17, 15) is 0 Å². The predicted molar refractivity (Wildman–Crippen MR) is 207 cm³/mol. The average Bonchev–Trinajstić information content (AvgIpc) is 3.52. The number of rotatable bonds is 8. The molecule has 6 aromatic rings. The van der Waals surface area contributed by atoms with Crippen molar-refractivity contribution in [2.45, 2.75) is 37.0 Å². The Bertz CT molecular complexity index is 2210. The molecule has 1 N–H and O–H groups in total. The third kappa shape index (κ3) is 5.61. The monoisotopic (exact) mass is 655 g/mol. The van der Waals surface area contributed by atoms with Gasteiger partial charge in [0.1, 0.15) is 7.05 Å². The van der Waals surface area contributed by atoms with Gasteiger partial charge >= 0.3 is 0 Å². The molecule has 2 aliphatic rings. The van der Waals surface area contributed by atoms with Gasteiger partial charge < -0.3 is 5.32 Å². The highest BCUT2D eigenvalue weighted by Crippen LogP contribution is 2.50. The fourth-order valence-corrected chi connectivity index (χ4v) is 8.60. The van der Waals surface area contributed by atoms with Crippen LogP contribution < -0.4 is 5.32 Å². The summed E-state index contributed by atoms with van der Waals surface area (Å²) in [5, 5.41) is 7.22. The number of hydrogen-bond acceptors (Lipinski definition) is 1. The van der Waals surface area contributed by atoms with Crippen LogP contribution in [0.5, 0.6) is 0 Å². The van der Waals surface area contributed by atoms with E-state index in [1.54, 1.807) is 0 Å². The number of allylic oxidation sites excluding steroid dienone is 4. The summed E-state index contributed by atoms with van der Waals surface area (Å²) >= 11 is 6.72. The van der Waals surface area contributed by atoms with E-state index in [0.29, 0.717) is 0 Å². The number of anilines is 1. The minimum absolute atomic E-state index is 0.230. The van der Waals surface area contributed by atoms with Crippen LogP contribution in [0.25, 0.3) is 10.8 Å². The lowest BCUT2D eigenvalue weighted by Gasteiger charge is -2.32. The highest BCUT2D eigenvalue weighted by atomic mass is 35.5. The van der Waals surface area contributed by atoms with E-state index in [-0.39, 0.29) is 10.8 Å². The zero-order valence-electron chi connectivity index (χ0n) is 28.0. The van der Waals surface area contributed by atoms with Gasteiger partial charge in [-0.05, 0) is 89.6 Å². The van der Waals surface area contributed by atoms with E-state index in [4.69, 9.17) is 11.6 Å². The highest BCUT2D eigenvalue weighted by molar-refractivity contribution is 6.30. The Kier molecular flexibility index (Phi) is 8.06. The summed E-state index contributed by atoms with van der Waals surface area (Å²) in [6, 6.07) is 52.2. The summed E-state index contributed by atoms with van der Waals surface area (Å²) in [5.74, 6) is 0. The maximum atomic E-state index is 6.72. The fraction of sp³-hybridized carbons (Fsp3) is 0.152. The molecule has 2 heterocycles. The number of halogens is 1. The van der Waals surface area contributed by atoms with E-state index < -0.39 is 0 Å². The van der Waals surface area contributed by atoms with Crippen LogP contribution in [-0.2, 0) is 30.1 Å². The summed E-state index contributed by atoms with van der Waals surface area (Å²) in [7, 11) is 2.22. The second kappa shape index (κ2) is 12.7. The van der Waals surface area contributed by atoms with Crippen LogP contribution in [-0.4, -0.2) is 17.3 Å². The zero-order chi connectivity index (χ0) is 33.4. The molecular weight excluding hydrogens is 616 g/mol. The molecule has 49 heavy (non-hydrogen) atoms. The molecule has 3 heteroatoms. The van der Waals surface area contributed by atoms with E-state index in [2.05, 4.69) is 182 Å². The van der Waals surface area contributed by atoms with Crippen molar-refractivity contribution in [1.29, 1.82) is 0 Å². The smallest absolute Gasteiger partial charge is 0.210 e. The first-order valence-electron chi connectivity index (χ1n) is 17.2. The molecule has 6 aromatic carbocycles. The van der Waals surface area contributed by atoms with E-state index >= 15 is 0 Å². The Labute approximate surface area is 294 Å².